The van der Waals surface area contributed by atoms with E-state index in [2.05, 4.69) is 32.1 Å². The largest absolute Gasteiger partial charge is 0.849 e. The maximum absolute atomic E-state index is 11.6. The van der Waals surface area contributed by atoms with Gasteiger partial charge in [0, 0.05) is 5.41 Å². The predicted octanol–water partition coefficient (Wildman–Crippen LogP) is 2.83. The molecule has 2 rings (SSSR count). The van der Waals surface area contributed by atoms with Crippen LogP contribution in [0.5, 0.6) is 5.75 Å². The van der Waals surface area contributed by atoms with Crippen molar-refractivity contribution < 1.29 is 9.84 Å². The molecule has 0 N–H and O–H groups in total. The average Bonchev–Trinajstić information content (AvgIpc) is 2.41. The Morgan fingerprint density at radius 2 is 1.79 bits per heavy atom. The lowest BCUT2D eigenvalue weighted by atomic mass is 9.74. The van der Waals surface area contributed by atoms with E-state index in [0.717, 1.165) is 5.75 Å². The first kappa shape index (κ1) is 13.9. The highest BCUT2D eigenvalue weighted by Crippen LogP contribution is 2.35. The van der Waals surface area contributed by atoms with Gasteiger partial charge in [-0.05, 0) is 29.2 Å². The van der Waals surface area contributed by atoms with Gasteiger partial charge in [0.2, 0.25) is 0 Å². The molecule has 0 saturated carbocycles. The van der Waals surface area contributed by atoms with Crippen molar-refractivity contribution >= 4 is 0 Å². The summed E-state index contributed by atoms with van der Waals surface area (Å²) in [5.41, 5.74) is 2.33. The summed E-state index contributed by atoms with van der Waals surface area (Å²) >= 11 is 0. The van der Waals surface area contributed by atoms with Crippen LogP contribution in [0.15, 0.2) is 48.1 Å². The molecule has 1 aromatic carbocycles. The average molecular weight is 257 g/mol. The van der Waals surface area contributed by atoms with Gasteiger partial charge in [0.05, 0.1) is 7.11 Å². The minimum Gasteiger partial charge on any atom is -0.849 e. The SMILES string of the molecule is COc1ccc(C(C)(C)C2=CC(C)C([O-])C=C2)cc1. The van der Waals surface area contributed by atoms with Crippen molar-refractivity contribution in [2.75, 3.05) is 7.11 Å². The van der Waals surface area contributed by atoms with Crippen molar-refractivity contribution in [3.8, 4) is 5.75 Å². The Kier molecular flexibility index (Phi) is 3.81. The molecule has 2 nitrogen and oxygen atoms in total. The van der Waals surface area contributed by atoms with E-state index in [0.29, 0.717) is 0 Å². The number of allylic oxidation sites excluding steroid dienone is 2. The van der Waals surface area contributed by atoms with Gasteiger partial charge in [0.15, 0.2) is 0 Å². The van der Waals surface area contributed by atoms with Crippen LogP contribution in [0.3, 0.4) is 0 Å². The second-order valence-electron chi connectivity index (χ2n) is 5.66. The normalized spacial score (nSPS) is 23.1. The van der Waals surface area contributed by atoms with Crippen LogP contribution in [0, 0.1) is 5.92 Å². The molecule has 2 heteroatoms. The van der Waals surface area contributed by atoms with E-state index >= 15 is 0 Å². The van der Waals surface area contributed by atoms with Crippen LogP contribution >= 0.6 is 0 Å². The molecular formula is C17H21O2-. The van der Waals surface area contributed by atoms with Crippen LogP contribution in [0.4, 0.5) is 0 Å². The van der Waals surface area contributed by atoms with E-state index in [1.54, 1.807) is 13.2 Å². The Morgan fingerprint density at radius 1 is 1.16 bits per heavy atom. The lowest BCUT2D eigenvalue weighted by Crippen LogP contribution is -2.33. The first-order chi connectivity index (χ1) is 8.95. The van der Waals surface area contributed by atoms with Crippen LogP contribution < -0.4 is 9.84 Å². The molecule has 0 saturated heterocycles. The summed E-state index contributed by atoms with van der Waals surface area (Å²) in [6.07, 6.45) is 5.23. The first-order valence-corrected chi connectivity index (χ1v) is 6.66. The fourth-order valence-corrected chi connectivity index (χ4v) is 2.40. The van der Waals surface area contributed by atoms with Crippen molar-refractivity contribution in [2.24, 2.45) is 5.92 Å². The number of benzene rings is 1. The highest BCUT2D eigenvalue weighted by atomic mass is 16.5. The molecule has 0 bridgehead atoms. The van der Waals surface area contributed by atoms with Crippen molar-refractivity contribution in [3.63, 3.8) is 0 Å². The van der Waals surface area contributed by atoms with Gasteiger partial charge >= 0.3 is 0 Å². The minimum atomic E-state index is -0.615. The molecule has 0 radical (unpaired) electrons. The molecule has 2 atom stereocenters. The molecule has 0 heterocycles. The number of hydrogen-bond donors (Lipinski definition) is 0. The Bertz CT molecular complexity index is 494. The molecule has 2 unspecified atom stereocenters. The van der Waals surface area contributed by atoms with E-state index in [4.69, 9.17) is 4.74 Å². The van der Waals surface area contributed by atoms with Gasteiger partial charge in [-0.25, -0.2) is 0 Å². The number of ether oxygens (including phenoxy) is 1. The third-order valence-corrected chi connectivity index (χ3v) is 3.96. The summed E-state index contributed by atoms with van der Waals surface area (Å²) in [6, 6.07) is 8.12. The lowest BCUT2D eigenvalue weighted by Gasteiger charge is -2.34. The molecule has 0 aromatic heterocycles. The van der Waals surface area contributed by atoms with Gasteiger partial charge in [0.25, 0.3) is 0 Å². The zero-order chi connectivity index (χ0) is 14.0. The highest BCUT2D eigenvalue weighted by molar-refractivity contribution is 5.43. The fraction of sp³-hybridized carbons (Fsp3) is 0.412. The van der Waals surface area contributed by atoms with Crippen LogP contribution in [-0.2, 0) is 5.41 Å². The van der Waals surface area contributed by atoms with Gasteiger partial charge in [0.1, 0.15) is 5.75 Å². The monoisotopic (exact) mass is 257 g/mol. The van der Waals surface area contributed by atoms with Crippen LogP contribution in [0.25, 0.3) is 0 Å². The minimum absolute atomic E-state index is 0.0533. The molecule has 0 fully saturated rings. The Morgan fingerprint density at radius 3 is 2.32 bits per heavy atom. The summed E-state index contributed by atoms with van der Waals surface area (Å²) in [5, 5.41) is 11.6. The predicted molar refractivity (Wildman–Crippen MR) is 76.2 cm³/mol. The summed E-state index contributed by atoms with van der Waals surface area (Å²) < 4.78 is 5.19. The first-order valence-electron chi connectivity index (χ1n) is 6.66. The molecular weight excluding hydrogens is 236 g/mol. The molecule has 1 aliphatic rings. The van der Waals surface area contributed by atoms with Crippen LogP contribution in [0.2, 0.25) is 0 Å². The number of hydrogen-bond acceptors (Lipinski definition) is 2. The molecule has 0 spiro atoms. The zero-order valence-corrected chi connectivity index (χ0v) is 12.0. The second kappa shape index (κ2) is 5.22. The Hall–Kier alpha value is -1.54. The van der Waals surface area contributed by atoms with Crippen molar-refractivity contribution in [1.82, 2.24) is 0 Å². The van der Waals surface area contributed by atoms with Gasteiger partial charge in [-0.15, -0.1) is 6.10 Å². The van der Waals surface area contributed by atoms with Gasteiger partial charge in [-0.1, -0.05) is 51.1 Å². The third kappa shape index (κ3) is 2.74. The fourth-order valence-electron chi connectivity index (χ4n) is 2.40. The van der Waals surface area contributed by atoms with Gasteiger partial charge < -0.3 is 9.84 Å². The quantitative estimate of drug-likeness (QED) is 0.834. The molecule has 0 aliphatic heterocycles. The molecule has 102 valence electrons. The van der Waals surface area contributed by atoms with Gasteiger partial charge in [-0.2, -0.15) is 0 Å². The zero-order valence-electron chi connectivity index (χ0n) is 12.0. The van der Waals surface area contributed by atoms with E-state index in [9.17, 15) is 5.11 Å². The maximum atomic E-state index is 11.6. The summed E-state index contributed by atoms with van der Waals surface area (Å²) in [6.45, 7) is 6.34. The van der Waals surface area contributed by atoms with Crippen LogP contribution in [0.1, 0.15) is 26.3 Å². The summed E-state index contributed by atoms with van der Waals surface area (Å²) in [7, 11) is 1.67. The van der Waals surface area contributed by atoms with E-state index in [1.807, 2.05) is 25.1 Å². The van der Waals surface area contributed by atoms with E-state index in [-0.39, 0.29) is 11.3 Å². The second-order valence-corrected chi connectivity index (χ2v) is 5.66. The van der Waals surface area contributed by atoms with E-state index < -0.39 is 6.10 Å². The highest BCUT2D eigenvalue weighted by Gasteiger charge is 2.26. The standard InChI is InChI=1S/C17H21O2/c1-12-11-14(7-10-16(12)18)17(2,3)13-5-8-15(19-4)9-6-13/h5-12,16H,1-4H3/q-1. The topological polar surface area (TPSA) is 32.3 Å². The Labute approximate surface area is 115 Å². The van der Waals surface area contributed by atoms with Gasteiger partial charge in [-0.3, -0.25) is 0 Å². The van der Waals surface area contributed by atoms with Crippen molar-refractivity contribution in [2.45, 2.75) is 32.3 Å². The smallest absolute Gasteiger partial charge is 0.118 e. The van der Waals surface area contributed by atoms with Crippen molar-refractivity contribution in [1.29, 1.82) is 0 Å². The third-order valence-electron chi connectivity index (χ3n) is 3.96. The molecule has 0 amide bonds. The van der Waals surface area contributed by atoms with Crippen molar-refractivity contribution in [3.05, 3.63) is 53.6 Å². The molecule has 1 aliphatic carbocycles. The maximum Gasteiger partial charge on any atom is 0.118 e. The Balaban J connectivity index is 2.31. The molecule has 19 heavy (non-hydrogen) atoms. The number of rotatable bonds is 3. The van der Waals surface area contributed by atoms with E-state index in [1.165, 1.54) is 11.1 Å². The lowest BCUT2D eigenvalue weighted by molar-refractivity contribution is -0.411. The summed E-state index contributed by atoms with van der Waals surface area (Å²) in [4.78, 5) is 0. The number of methoxy groups -OCH3 is 1. The van der Waals surface area contributed by atoms with Crippen LogP contribution in [-0.4, -0.2) is 13.2 Å². The summed E-state index contributed by atoms with van der Waals surface area (Å²) in [5.74, 6) is 0.915. The molecule has 1 aromatic rings.